The van der Waals surface area contributed by atoms with Gasteiger partial charge in [-0.25, -0.2) is 0 Å². The Morgan fingerprint density at radius 2 is 2.19 bits per heavy atom. The third kappa shape index (κ3) is 6.49. The molecule has 2 aliphatic rings. The molecule has 3 rings (SSSR count). The summed E-state index contributed by atoms with van der Waals surface area (Å²) in [6, 6.07) is 5.86. The van der Waals surface area contributed by atoms with Gasteiger partial charge in [0.25, 0.3) is 5.91 Å². The third-order valence-electron chi connectivity index (χ3n) is 5.76. The number of carbonyl (C=O) groups excluding carboxylic acids is 1. The number of amides is 1. The minimum atomic E-state index is -0.495. The van der Waals surface area contributed by atoms with Crippen molar-refractivity contribution in [2.45, 2.75) is 45.1 Å². The van der Waals surface area contributed by atoms with Gasteiger partial charge in [0.05, 0.1) is 31.0 Å². The van der Waals surface area contributed by atoms with Gasteiger partial charge in [0.15, 0.2) is 11.5 Å². The summed E-state index contributed by atoms with van der Waals surface area (Å²) in [5.41, 5.74) is 1.29. The Morgan fingerprint density at radius 3 is 2.97 bits per heavy atom. The highest BCUT2D eigenvalue weighted by molar-refractivity contribution is 5.99. The van der Waals surface area contributed by atoms with E-state index in [1.54, 1.807) is 0 Å². The van der Waals surface area contributed by atoms with Gasteiger partial charge in [0.2, 0.25) is 0 Å². The second-order valence-electron chi connectivity index (χ2n) is 8.22. The SMILES string of the molecule is CCCNc1cc2c(c(C(=O)NC[C@@H]3CCN(CCCC#N)C[C@H]3O)c1)OCCCO2. The molecular formula is C23H34N4O4. The average Bonchev–Trinajstić information content (AvgIpc) is 3.02. The molecule has 1 aromatic rings. The van der Waals surface area contributed by atoms with Crippen LogP contribution in [-0.4, -0.2) is 68.0 Å². The fraction of sp³-hybridized carbons (Fsp3) is 0.652. The number of benzene rings is 1. The number of unbranched alkanes of at least 4 members (excludes halogenated alkanes) is 1. The van der Waals surface area contributed by atoms with Gasteiger partial charge in [-0.3, -0.25) is 4.79 Å². The van der Waals surface area contributed by atoms with Crippen LogP contribution < -0.4 is 20.1 Å². The fourth-order valence-electron chi connectivity index (χ4n) is 4.00. The minimum absolute atomic E-state index is 0.00772. The molecule has 3 N–H and O–H groups in total. The van der Waals surface area contributed by atoms with Gasteiger partial charge in [-0.1, -0.05) is 6.92 Å². The summed E-state index contributed by atoms with van der Waals surface area (Å²) in [6.45, 7) is 6.64. The number of carbonyl (C=O) groups is 1. The second-order valence-corrected chi connectivity index (χ2v) is 8.22. The summed E-state index contributed by atoms with van der Waals surface area (Å²) >= 11 is 0. The van der Waals surface area contributed by atoms with Crippen molar-refractivity contribution in [3.8, 4) is 17.6 Å². The van der Waals surface area contributed by atoms with Crippen LogP contribution in [-0.2, 0) is 0 Å². The first-order chi connectivity index (χ1) is 15.1. The van der Waals surface area contributed by atoms with Crippen LogP contribution >= 0.6 is 0 Å². The normalized spacial score (nSPS) is 21.1. The van der Waals surface area contributed by atoms with Crippen LogP contribution in [0.4, 0.5) is 5.69 Å². The lowest BCUT2D eigenvalue weighted by atomic mass is 9.93. The molecule has 0 spiro atoms. The molecule has 0 saturated carbocycles. The molecule has 2 atom stereocenters. The number of hydrogen-bond acceptors (Lipinski definition) is 7. The zero-order valence-corrected chi connectivity index (χ0v) is 18.4. The van der Waals surface area contributed by atoms with Crippen LogP contribution in [0.1, 0.15) is 49.4 Å². The first-order valence-corrected chi connectivity index (χ1v) is 11.4. The van der Waals surface area contributed by atoms with Crippen LogP contribution in [0.25, 0.3) is 0 Å². The standard InChI is InChI=1S/C23H34N4O4/c1-2-8-25-18-13-19(22-21(14-18)30-11-5-12-31-22)23(29)26-15-17-6-10-27(16-20(17)28)9-4-3-7-24/h13-14,17,20,25,28H,2-6,8-12,15-16H2,1H3,(H,26,29)/t17-,20+/m0/s1. The quantitative estimate of drug-likeness (QED) is 0.516. The average molecular weight is 431 g/mol. The number of aliphatic hydroxyl groups excluding tert-OH is 1. The van der Waals surface area contributed by atoms with Gasteiger partial charge >= 0.3 is 0 Å². The first kappa shape index (κ1) is 23.2. The zero-order chi connectivity index (χ0) is 22.1. The molecule has 8 nitrogen and oxygen atoms in total. The van der Waals surface area contributed by atoms with E-state index in [9.17, 15) is 9.90 Å². The van der Waals surface area contributed by atoms with E-state index < -0.39 is 6.10 Å². The molecule has 0 aliphatic carbocycles. The van der Waals surface area contributed by atoms with Crippen molar-refractivity contribution in [2.75, 3.05) is 51.3 Å². The van der Waals surface area contributed by atoms with E-state index in [-0.39, 0.29) is 11.8 Å². The van der Waals surface area contributed by atoms with Crippen molar-refractivity contribution < 1.29 is 19.4 Å². The number of rotatable bonds is 9. The molecule has 0 radical (unpaired) electrons. The molecule has 170 valence electrons. The first-order valence-electron chi connectivity index (χ1n) is 11.4. The smallest absolute Gasteiger partial charge is 0.255 e. The minimum Gasteiger partial charge on any atom is -0.489 e. The monoisotopic (exact) mass is 430 g/mol. The largest absolute Gasteiger partial charge is 0.489 e. The molecule has 0 aromatic heterocycles. The summed E-state index contributed by atoms with van der Waals surface area (Å²) in [7, 11) is 0. The van der Waals surface area contributed by atoms with Gasteiger partial charge in [-0.2, -0.15) is 5.26 Å². The number of fused-ring (bicyclic) bond motifs is 1. The topological polar surface area (TPSA) is 107 Å². The van der Waals surface area contributed by atoms with E-state index >= 15 is 0 Å². The van der Waals surface area contributed by atoms with Crippen molar-refractivity contribution >= 4 is 11.6 Å². The summed E-state index contributed by atoms with van der Waals surface area (Å²) in [6.07, 6.45) is 3.42. The molecule has 8 heteroatoms. The maximum absolute atomic E-state index is 13.0. The Kier molecular flexibility index (Phi) is 8.80. The van der Waals surface area contributed by atoms with E-state index in [2.05, 4.69) is 28.5 Å². The number of nitrogens with zero attached hydrogens (tertiary/aromatic N) is 2. The van der Waals surface area contributed by atoms with Gasteiger partial charge in [-0.15, -0.1) is 0 Å². The van der Waals surface area contributed by atoms with E-state index in [1.807, 2.05) is 12.1 Å². The molecule has 1 saturated heterocycles. The van der Waals surface area contributed by atoms with E-state index in [1.165, 1.54) is 0 Å². The Labute approximate surface area is 184 Å². The Bertz CT molecular complexity index is 780. The lowest BCUT2D eigenvalue weighted by molar-refractivity contribution is 0.0219. The number of β-amino-alcohol motifs (C(OH)–C–C–N with tert-alkyl or cyclic N) is 1. The van der Waals surface area contributed by atoms with E-state index in [0.717, 1.165) is 51.0 Å². The summed E-state index contributed by atoms with van der Waals surface area (Å²) < 4.78 is 11.7. The maximum Gasteiger partial charge on any atom is 0.255 e. The zero-order valence-electron chi connectivity index (χ0n) is 18.4. The maximum atomic E-state index is 13.0. The Morgan fingerprint density at radius 1 is 1.35 bits per heavy atom. The number of hydrogen-bond donors (Lipinski definition) is 3. The van der Waals surface area contributed by atoms with Crippen molar-refractivity contribution in [3.05, 3.63) is 17.7 Å². The van der Waals surface area contributed by atoms with E-state index in [0.29, 0.717) is 49.8 Å². The number of likely N-dealkylation sites (tertiary alicyclic amines) is 1. The van der Waals surface area contributed by atoms with Gasteiger partial charge in [0.1, 0.15) is 0 Å². The Balaban J connectivity index is 1.61. The van der Waals surface area contributed by atoms with Crippen LogP contribution in [0.3, 0.4) is 0 Å². The van der Waals surface area contributed by atoms with Gasteiger partial charge in [-0.05, 0) is 38.4 Å². The lowest BCUT2D eigenvalue weighted by Crippen LogP contribution is -2.47. The van der Waals surface area contributed by atoms with Crippen LogP contribution in [0.5, 0.6) is 11.5 Å². The molecule has 1 aromatic carbocycles. The molecule has 1 amide bonds. The summed E-state index contributed by atoms with van der Waals surface area (Å²) in [5, 5.41) is 25.5. The highest BCUT2D eigenvalue weighted by Crippen LogP contribution is 2.36. The van der Waals surface area contributed by atoms with Crippen molar-refractivity contribution in [2.24, 2.45) is 5.92 Å². The third-order valence-corrected chi connectivity index (χ3v) is 5.76. The predicted molar refractivity (Wildman–Crippen MR) is 119 cm³/mol. The number of anilines is 1. The molecule has 31 heavy (non-hydrogen) atoms. The molecule has 2 aliphatic heterocycles. The number of ether oxygens (including phenoxy) is 2. The summed E-state index contributed by atoms with van der Waals surface area (Å²) in [5.74, 6) is 0.873. The number of nitriles is 1. The number of aliphatic hydroxyl groups is 1. The molecule has 0 unspecified atom stereocenters. The second kappa shape index (κ2) is 11.8. The van der Waals surface area contributed by atoms with Crippen molar-refractivity contribution in [1.82, 2.24) is 10.2 Å². The fourth-order valence-corrected chi connectivity index (χ4v) is 4.00. The molecular weight excluding hydrogens is 396 g/mol. The predicted octanol–water partition coefficient (Wildman–Crippen LogP) is 2.39. The van der Waals surface area contributed by atoms with Crippen LogP contribution in [0.2, 0.25) is 0 Å². The molecule has 0 bridgehead atoms. The highest BCUT2D eigenvalue weighted by Gasteiger charge is 2.28. The van der Waals surface area contributed by atoms with Crippen molar-refractivity contribution in [3.63, 3.8) is 0 Å². The van der Waals surface area contributed by atoms with E-state index in [4.69, 9.17) is 14.7 Å². The number of piperidine rings is 1. The number of nitrogens with one attached hydrogen (secondary N) is 2. The van der Waals surface area contributed by atoms with Crippen LogP contribution in [0.15, 0.2) is 12.1 Å². The Hall–Kier alpha value is -2.50. The summed E-state index contributed by atoms with van der Waals surface area (Å²) in [4.78, 5) is 15.2. The van der Waals surface area contributed by atoms with Gasteiger partial charge in [0, 0.05) is 50.1 Å². The molecule has 2 heterocycles. The van der Waals surface area contributed by atoms with Crippen LogP contribution in [0, 0.1) is 17.2 Å². The lowest BCUT2D eigenvalue weighted by Gasteiger charge is -2.36. The molecule has 1 fully saturated rings. The highest BCUT2D eigenvalue weighted by atomic mass is 16.5. The van der Waals surface area contributed by atoms with Crippen molar-refractivity contribution in [1.29, 1.82) is 5.26 Å². The van der Waals surface area contributed by atoms with Gasteiger partial charge < -0.3 is 30.1 Å².